The first-order valence-electron chi connectivity index (χ1n) is 11.4. The number of carboxylic acid groups (broad SMARTS) is 1. The number of carbonyl (C=O) groups excluding carboxylic acids is 3. The molecule has 1 aromatic carbocycles. The van der Waals surface area contributed by atoms with E-state index in [1.807, 2.05) is 12.1 Å². The zero-order chi connectivity index (χ0) is 22.2. The van der Waals surface area contributed by atoms with E-state index in [4.69, 9.17) is 5.11 Å². The molecule has 1 saturated heterocycles. The van der Waals surface area contributed by atoms with Crippen LogP contribution >= 0.6 is 0 Å². The highest BCUT2D eigenvalue weighted by molar-refractivity contribution is 6.05. The number of carbonyl (C=O) groups is 4. The lowest BCUT2D eigenvalue weighted by Crippen LogP contribution is -2.52. The molecular weight excluding hydrogens is 396 g/mol. The minimum absolute atomic E-state index is 0.116. The molecule has 3 rings (SSSR count). The Kier molecular flexibility index (Phi) is 8.20. The zero-order valence-corrected chi connectivity index (χ0v) is 18.0. The van der Waals surface area contributed by atoms with Crippen LogP contribution in [0.2, 0.25) is 0 Å². The number of rotatable bonds is 12. The summed E-state index contributed by atoms with van der Waals surface area (Å²) in [7, 11) is 0. The molecule has 31 heavy (non-hydrogen) atoms. The van der Waals surface area contributed by atoms with Crippen molar-refractivity contribution >= 4 is 23.7 Å². The van der Waals surface area contributed by atoms with Crippen LogP contribution in [0.25, 0.3) is 0 Å². The van der Waals surface area contributed by atoms with Crippen LogP contribution < -0.4 is 5.32 Å². The fourth-order valence-electron chi connectivity index (χ4n) is 4.54. The Morgan fingerprint density at radius 1 is 1.00 bits per heavy atom. The number of nitrogens with one attached hydrogen (secondary N) is 1. The predicted molar refractivity (Wildman–Crippen MR) is 115 cm³/mol. The Hall–Kier alpha value is -2.70. The molecule has 0 spiro atoms. The molecule has 1 fully saturated rings. The van der Waals surface area contributed by atoms with Crippen LogP contribution in [0.3, 0.4) is 0 Å². The quantitative estimate of drug-likeness (QED) is 0.391. The van der Waals surface area contributed by atoms with E-state index >= 15 is 0 Å². The van der Waals surface area contributed by atoms with Gasteiger partial charge in [0.2, 0.25) is 11.8 Å². The molecule has 2 aliphatic heterocycles. The number of hydrogen-bond acceptors (Lipinski definition) is 4. The fraction of sp³-hybridized carbons (Fsp3) is 0.583. The van der Waals surface area contributed by atoms with Gasteiger partial charge in [0, 0.05) is 24.9 Å². The lowest BCUT2D eigenvalue weighted by Gasteiger charge is -2.29. The molecule has 2 N–H and O–H groups in total. The smallest absolute Gasteiger partial charge is 0.303 e. The summed E-state index contributed by atoms with van der Waals surface area (Å²) in [4.78, 5) is 48.6. The summed E-state index contributed by atoms with van der Waals surface area (Å²) in [5, 5.41) is 11.0. The lowest BCUT2D eigenvalue weighted by molar-refractivity contribution is -0.138. The molecule has 3 amide bonds. The van der Waals surface area contributed by atoms with Crippen molar-refractivity contribution < 1.29 is 24.3 Å². The van der Waals surface area contributed by atoms with Gasteiger partial charge < -0.3 is 10.0 Å². The van der Waals surface area contributed by atoms with Crippen molar-refractivity contribution in [1.29, 1.82) is 0 Å². The second-order valence-corrected chi connectivity index (χ2v) is 8.57. The Morgan fingerprint density at radius 2 is 1.68 bits per heavy atom. The van der Waals surface area contributed by atoms with E-state index in [1.165, 1.54) is 12.0 Å². The van der Waals surface area contributed by atoms with E-state index in [-0.39, 0.29) is 30.6 Å². The van der Waals surface area contributed by atoms with Crippen molar-refractivity contribution in [2.45, 2.75) is 89.6 Å². The Bertz CT molecular complexity index is 835. The molecule has 0 saturated carbocycles. The van der Waals surface area contributed by atoms with Crippen molar-refractivity contribution in [1.82, 2.24) is 10.2 Å². The first-order chi connectivity index (χ1) is 15.0. The first-order valence-corrected chi connectivity index (χ1v) is 11.4. The molecule has 0 bridgehead atoms. The number of imide groups is 1. The topological polar surface area (TPSA) is 104 Å². The highest BCUT2D eigenvalue weighted by Gasteiger charge is 2.39. The predicted octanol–water partition coefficient (Wildman–Crippen LogP) is 3.59. The minimum Gasteiger partial charge on any atom is -0.481 e. The average molecular weight is 429 g/mol. The van der Waals surface area contributed by atoms with E-state index in [9.17, 15) is 19.2 Å². The molecule has 1 atom stereocenters. The molecule has 0 radical (unpaired) electrons. The molecule has 1 aromatic rings. The van der Waals surface area contributed by atoms with Gasteiger partial charge in [-0.1, -0.05) is 50.7 Å². The third kappa shape index (κ3) is 6.15. The lowest BCUT2D eigenvalue weighted by atomic mass is 9.98. The fourth-order valence-corrected chi connectivity index (χ4v) is 4.54. The molecular formula is C24H32N2O5. The summed E-state index contributed by atoms with van der Waals surface area (Å²) in [6.45, 7) is 0.437. The molecule has 2 heterocycles. The number of benzene rings is 1. The minimum atomic E-state index is -0.714. The summed E-state index contributed by atoms with van der Waals surface area (Å²) in [5.74, 6) is -1.48. The standard InChI is InChI=1S/C24H32N2O5/c27-21-15-14-20(23(30)25-21)26-16-19-17(11-9-12-18(19)24(26)31)10-7-5-3-1-2-4-6-8-13-22(28)29/h9,11-12,20H,1-8,10,13-16H2,(H,28,29)(H,25,27,30). The second kappa shape index (κ2) is 11.1. The van der Waals surface area contributed by atoms with Crippen LogP contribution in [-0.2, 0) is 27.3 Å². The van der Waals surface area contributed by atoms with E-state index < -0.39 is 12.0 Å². The zero-order valence-electron chi connectivity index (χ0n) is 18.0. The monoisotopic (exact) mass is 428 g/mol. The van der Waals surface area contributed by atoms with Crippen molar-refractivity contribution in [3.05, 3.63) is 34.9 Å². The van der Waals surface area contributed by atoms with Crippen molar-refractivity contribution in [2.24, 2.45) is 0 Å². The normalized spacial score (nSPS) is 18.3. The van der Waals surface area contributed by atoms with Gasteiger partial charge in [-0.2, -0.15) is 0 Å². The number of aliphatic carboxylic acids is 1. The maximum atomic E-state index is 12.9. The Morgan fingerprint density at radius 3 is 2.35 bits per heavy atom. The van der Waals surface area contributed by atoms with Gasteiger partial charge in [-0.05, 0) is 42.9 Å². The largest absolute Gasteiger partial charge is 0.481 e. The first kappa shape index (κ1) is 23.0. The second-order valence-electron chi connectivity index (χ2n) is 8.57. The molecule has 2 aliphatic rings. The molecule has 7 heteroatoms. The van der Waals surface area contributed by atoms with E-state index in [0.29, 0.717) is 18.5 Å². The van der Waals surface area contributed by atoms with Gasteiger partial charge in [-0.15, -0.1) is 0 Å². The van der Waals surface area contributed by atoms with Crippen LogP contribution in [0.1, 0.15) is 92.1 Å². The van der Waals surface area contributed by atoms with Crippen LogP contribution in [0, 0.1) is 0 Å². The molecule has 0 aliphatic carbocycles. The number of unbranched alkanes of at least 4 members (excludes halogenated alkanes) is 7. The molecule has 7 nitrogen and oxygen atoms in total. The Balaban J connectivity index is 1.42. The number of fused-ring (bicyclic) bond motifs is 1. The summed E-state index contributed by atoms with van der Waals surface area (Å²) in [6, 6.07) is 5.25. The summed E-state index contributed by atoms with van der Waals surface area (Å²) in [5.41, 5.74) is 2.88. The highest BCUT2D eigenvalue weighted by atomic mass is 16.4. The van der Waals surface area contributed by atoms with Gasteiger partial charge >= 0.3 is 5.97 Å². The average Bonchev–Trinajstić information content (AvgIpc) is 3.06. The van der Waals surface area contributed by atoms with Gasteiger partial charge in [0.25, 0.3) is 5.91 Å². The number of nitrogens with zero attached hydrogens (tertiary/aromatic N) is 1. The Labute approximate surface area is 183 Å². The third-order valence-corrected chi connectivity index (χ3v) is 6.27. The number of amides is 3. The van der Waals surface area contributed by atoms with Crippen LogP contribution in [0.15, 0.2) is 18.2 Å². The van der Waals surface area contributed by atoms with Crippen LogP contribution in [0.5, 0.6) is 0 Å². The van der Waals surface area contributed by atoms with Crippen molar-refractivity contribution in [2.75, 3.05) is 0 Å². The molecule has 1 unspecified atom stereocenters. The van der Waals surface area contributed by atoms with Gasteiger partial charge in [-0.3, -0.25) is 24.5 Å². The summed E-state index contributed by atoms with van der Waals surface area (Å²) in [6.07, 6.45) is 10.3. The van der Waals surface area contributed by atoms with Crippen molar-refractivity contribution in [3.63, 3.8) is 0 Å². The summed E-state index contributed by atoms with van der Waals surface area (Å²) < 4.78 is 0. The van der Waals surface area contributed by atoms with Gasteiger partial charge in [-0.25, -0.2) is 0 Å². The number of piperidine rings is 1. The number of aryl methyl sites for hydroxylation is 1. The highest BCUT2D eigenvalue weighted by Crippen LogP contribution is 2.30. The summed E-state index contributed by atoms with van der Waals surface area (Å²) >= 11 is 0. The molecule has 168 valence electrons. The van der Waals surface area contributed by atoms with E-state index in [2.05, 4.69) is 11.4 Å². The maximum Gasteiger partial charge on any atom is 0.303 e. The SMILES string of the molecule is O=C(O)CCCCCCCCCCc1cccc2c1CN(C1CCC(=O)NC1=O)C2=O. The maximum absolute atomic E-state index is 12.9. The third-order valence-electron chi connectivity index (χ3n) is 6.27. The van der Waals surface area contributed by atoms with Crippen molar-refractivity contribution in [3.8, 4) is 0 Å². The molecule has 0 aromatic heterocycles. The number of hydrogen-bond donors (Lipinski definition) is 2. The van der Waals surface area contributed by atoms with E-state index in [0.717, 1.165) is 56.9 Å². The van der Waals surface area contributed by atoms with E-state index in [1.54, 1.807) is 4.90 Å². The van der Waals surface area contributed by atoms with Crippen LogP contribution in [-0.4, -0.2) is 39.7 Å². The van der Waals surface area contributed by atoms with Crippen LogP contribution in [0.4, 0.5) is 0 Å². The van der Waals surface area contributed by atoms with Gasteiger partial charge in [0.05, 0.1) is 0 Å². The van der Waals surface area contributed by atoms with Gasteiger partial charge in [0.1, 0.15) is 6.04 Å². The van der Waals surface area contributed by atoms with Gasteiger partial charge in [0.15, 0.2) is 0 Å². The number of carboxylic acids is 1.